The summed E-state index contributed by atoms with van der Waals surface area (Å²) in [7, 11) is 0. The van der Waals surface area contributed by atoms with Gasteiger partial charge in [-0.2, -0.15) is 11.8 Å². The summed E-state index contributed by atoms with van der Waals surface area (Å²) in [6.45, 7) is 0.636. The fourth-order valence-corrected chi connectivity index (χ4v) is 4.05. The van der Waals surface area contributed by atoms with Gasteiger partial charge in [0, 0.05) is 24.6 Å². The second-order valence-corrected chi connectivity index (χ2v) is 6.69. The number of rotatable bonds is 5. The van der Waals surface area contributed by atoms with Crippen LogP contribution < -0.4 is 0 Å². The van der Waals surface area contributed by atoms with Gasteiger partial charge in [0.25, 0.3) is 0 Å². The molecule has 0 aromatic carbocycles. The summed E-state index contributed by atoms with van der Waals surface area (Å²) in [6.07, 6.45) is 9.67. The Morgan fingerprint density at radius 2 is 1.67 bits per heavy atom. The van der Waals surface area contributed by atoms with Gasteiger partial charge in [-0.05, 0) is 31.4 Å². The minimum Gasteiger partial charge on any atom is -0.283 e. The Balaban J connectivity index is 1.62. The smallest absolute Gasteiger partial charge is 0.229 e. The van der Waals surface area contributed by atoms with Crippen molar-refractivity contribution in [3.8, 4) is 0 Å². The second kappa shape index (κ2) is 7.17. The van der Waals surface area contributed by atoms with E-state index in [2.05, 4.69) is 0 Å². The zero-order valence-corrected chi connectivity index (χ0v) is 11.8. The maximum atomic E-state index is 11.6. The first-order valence-electron chi connectivity index (χ1n) is 7.22. The lowest BCUT2D eigenvalue weighted by atomic mass is 10.0. The van der Waals surface area contributed by atoms with E-state index in [1.54, 1.807) is 0 Å². The number of imide groups is 1. The SMILES string of the molecule is O=C1CCCC(=O)N1CCCSC1CCCCC1. The fraction of sp³-hybridized carbons (Fsp3) is 0.857. The molecule has 0 bridgehead atoms. The van der Waals surface area contributed by atoms with Crippen LogP contribution in [0.25, 0.3) is 0 Å². The van der Waals surface area contributed by atoms with Crippen LogP contribution in [0.5, 0.6) is 0 Å². The highest BCUT2D eigenvalue weighted by molar-refractivity contribution is 7.99. The monoisotopic (exact) mass is 269 g/mol. The molecule has 2 amide bonds. The Bertz CT molecular complexity index is 284. The van der Waals surface area contributed by atoms with Gasteiger partial charge in [0.05, 0.1) is 0 Å². The fourth-order valence-electron chi connectivity index (χ4n) is 2.75. The lowest BCUT2D eigenvalue weighted by Crippen LogP contribution is -2.40. The molecule has 1 aliphatic heterocycles. The van der Waals surface area contributed by atoms with E-state index < -0.39 is 0 Å². The van der Waals surface area contributed by atoms with Gasteiger partial charge in [-0.1, -0.05) is 19.3 Å². The van der Waals surface area contributed by atoms with Crippen LogP contribution in [0.4, 0.5) is 0 Å². The van der Waals surface area contributed by atoms with Gasteiger partial charge in [0.1, 0.15) is 0 Å². The topological polar surface area (TPSA) is 37.4 Å². The van der Waals surface area contributed by atoms with Crippen molar-refractivity contribution in [2.24, 2.45) is 0 Å². The predicted octanol–water partition coefficient (Wildman–Crippen LogP) is 2.98. The van der Waals surface area contributed by atoms with Gasteiger partial charge in [0.15, 0.2) is 0 Å². The summed E-state index contributed by atoms with van der Waals surface area (Å²) >= 11 is 2.04. The molecular weight excluding hydrogens is 246 g/mol. The van der Waals surface area contributed by atoms with E-state index in [0.29, 0.717) is 19.4 Å². The quantitative estimate of drug-likeness (QED) is 0.569. The Morgan fingerprint density at radius 3 is 2.33 bits per heavy atom. The molecule has 0 N–H and O–H groups in total. The van der Waals surface area contributed by atoms with Crippen molar-refractivity contribution in [2.45, 2.75) is 63.0 Å². The predicted molar refractivity (Wildman–Crippen MR) is 74.5 cm³/mol. The summed E-state index contributed by atoms with van der Waals surface area (Å²) in [6, 6.07) is 0. The number of hydrogen-bond acceptors (Lipinski definition) is 3. The Kier molecular flexibility index (Phi) is 5.54. The molecular formula is C14H23NO2S. The number of amides is 2. The zero-order chi connectivity index (χ0) is 12.8. The number of thioether (sulfide) groups is 1. The summed E-state index contributed by atoms with van der Waals surface area (Å²) < 4.78 is 0. The lowest BCUT2D eigenvalue weighted by Gasteiger charge is -2.25. The van der Waals surface area contributed by atoms with Crippen LogP contribution in [-0.4, -0.2) is 34.3 Å². The number of hydrogen-bond donors (Lipinski definition) is 0. The summed E-state index contributed by atoms with van der Waals surface area (Å²) in [5.41, 5.74) is 0. The Labute approximate surface area is 114 Å². The molecule has 0 aromatic rings. The third-order valence-electron chi connectivity index (χ3n) is 3.82. The van der Waals surface area contributed by atoms with Gasteiger partial charge < -0.3 is 0 Å². The highest BCUT2D eigenvalue weighted by Crippen LogP contribution is 2.28. The van der Waals surface area contributed by atoms with E-state index in [-0.39, 0.29) is 11.8 Å². The third-order valence-corrected chi connectivity index (χ3v) is 5.28. The van der Waals surface area contributed by atoms with Crippen molar-refractivity contribution in [1.29, 1.82) is 0 Å². The molecule has 0 atom stereocenters. The Morgan fingerprint density at radius 1 is 1.00 bits per heavy atom. The maximum Gasteiger partial charge on any atom is 0.229 e. The average Bonchev–Trinajstić information content (AvgIpc) is 2.38. The average molecular weight is 269 g/mol. The largest absolute Gasteiger partial charge is 0.283 e. The molecule has 1 saturated heterocycles. The number of piperidine rings is 1. The number of carbonyl (C=O) groups is 2. The van der Waals surface area contributed by atoms with E-state index in [0.717, 1.165) is 23.8 Å². The molecule has 1 heterocycles. The molecule has 2 fully saturated rings. The highest BCUT2D eigenvalue weighted by Gasteiger charge is 2.25. The first-order chi connectivity index (χ1) is 8.77. The minimum absolute atomic E-state index is 0.0360. The standard InChI is InChI=1S/C14H23NO2S/c16-13-8-4-9-14(17)15(13)10-5-11-18-12-6-2-1-3-7-12/h12H,1-11H2. The molecule has 102 valence electrons. The van der Waals surface area contributed by atoms with E-state index in [1.165, 1.54) is 37.0 Å². The van der Waals surface area contributed by atoms with Gasteiger partial charge >= 0.3 is 0 Å². The van der Waals surface area contributed by atoms with Crippen LogP contribution in [0.1, 0.15) is 57.8 Å². The number of carbonyl (C=O) groups excluding carboxylic acids is 2. The van der Waals surface area contributed by atoms with E-state index in [9.17, 15) is 9.59 Å². The highest BCUT2D eigenvalue weighted by atomic mass is 32.2. The second-order valence-electron chi connectivity index (χ2n) is 5.28. The summed E-state index contributed by atoms with van der Waals surface area (Å²) in [5, 5.41) is 0.825. The third kappa shape index (κ3) is 4.01. The van der Waals surface area contributed by atoms with Crippen LogP contribution in [0.15, 0.2) is 0 Å². The first kappa shape index (κ1) is 13.9. The maximum absolute atomic E-state index is 11.6. The molecule has 0 aromatic heterocycles. The van der Waals surface area contributed by atoms with Gasteiger partial charge in [-0.25, -0.2) is 0 Å². The number of nitrogens with zero attached hydrogens (tertiary/aromatic N) is 1. The van der Waals surface area contributed by atoms with Crippen LogP contribution >= 0.6 is 11.8 Å². The van der Waals surface area contributed by atoms with Gasteiger partial charge in [0.2, 0.25) is 11.8 Å². The zero-order valence-electron chi connectivity index (χ0n) is 11.0. The van der Waals surface area contributed by atoms with Gasteiger partial charge in [-0.15, -0.1) is 0 Å². The number of likely N-dealkylation sites (tertiary alicyclic amines) is 1. The first-order valence-corrected chi connectivity index (χ1v) is 8.27. The van der Waals surface area contributed by atoms with Crippen LogP contribution in [0.3, 0.4) is 0 Å². The van der Waals surface area contributed by atoms with Crippen molar-refractivity contribution in [2.75, 3.05) is 12.3 Å². The van der Waals surface area contributed by atoms with Crippen molar-refractivity contribution in [3.63, 3.8) is 0 Å². The van der Waals surface area contributed by atoms with E-state index in [4.69, 9.17) is 0 Å². The van der Waals surface area contributed by atoms with Gasteiger partial charge in [-0.3, -0.25) is 14.5 Å². The van der Waals surface area contributed by atoms with Crippen LogP contribution in [0.2, 0.25) is 0 Å². The molecule has 18 heavy (non-hydrogen) atoms. The van der Waals surface area contributed by atoms with Crippen molar-refractivity contribution in [3.05, 3.63) is 0 Å². The van der Waals surface area contributed by atoms with Crippen molar-refractivity contribution in [1.82, 2.24) is 4.90 Å². The normalized spacial score (nSPS) is 22.6. The Hall–Kier alpha value is -0.510. The molecule has 0 unspecified atom stereocenters. The molecule has 0 radical (unpaired) electrons. The summed E-state index contributed by atoms with van der Waals surface area (Å²) in [5.74, 6) is 1.16. The van der Waals surface area contributed by atoms with Crippen molar-refractivity contribution < 1.29 is 9.59 Å². The van der Waals surface area contributed by atoms with Crippen LogP contribution in [0, 0.1) is 0 Å². The lowest BCUT2D eigenvalue weighted by molar-refractivity contribution is -0.147. The minimum atomic E-state index is 0.0360. The molecule has 3 nitrogen and oxygen atoms in total. The molecule has 2 aliphatic rings. The van der Waals surface area contributed by atoms with Crippen molar-refractivity contribution >= 4 is 23.6 Å². The van der Waals surface area contributed by atoms with Crippen LogP contribution in [-0.2, 0) is 9.59 Å². The van der Waals surface area contributed by atoms with E-state index >= 15 is 0 Å². The summed E-state index contributed by atoms with van der Waals surface area (Å²) in [4.78, 5) is 24.7. The van der Waals surface area contributed by atoms with E-state index in [1.807, 2.05) is 11.8 Å². The molecule has 1 aliphatic carbocycles. The molecule has 2 rings (SSSR count). The molecule has 1 saturated carbocycles. The molecule has 4 heteroatoms. The molecule has 0 spiro atoms.